The predicted molar refractivity (Wildman–Crippen MR) is 82.7 cm³/mol. The van der Waals surface area contributed by atoms with Gasteiger partial charge in [0.1, 0.15) is 0 Å². The Morgan fingerprint density at radius 1 is 1.00 bits per heavy atom. The van der Waals surface area contributed by atoms with Crippen LogP contribution in [0.2, 0.25) is 0 Å². The first-order valence-corrected chi connectivity index (χ1v) is 7.83. The number of aryl methyl sites for hydroxylation is 2. The van der Waals surface area contributed by atoms with E-state index in [1.807, 2.05) is 0 Å². The molecule has 1 aromatic carbocycles. The molecule has 0 saturated carbocycles. The number of benzene rings is 1. The van der Waals surface area contributed by atoms with E-state index < -0.39 is 0 Å². The Kier molecular flexibility index (Phi) is 6.38. The molecule has 19 heavy (non-hydrogen) atoms. The van der Waals surface area contributed by atoms with Gasteiger partial charge in [0.05, 0.1) is 0 Å². The van der Waals surface area contributed by atoms with Crippen molar-refractivity contribution in [3.8, 4) is 0 Å². The highest BCUT2D eigenvalue weighted by molar-refractivity contribution is 5.21. The van der Waals surface area contributed by atoms with Crippen molar-refractivity contribution in [3.05, 3.63) is 35.4 Å². The Morgan fingerprint density at radius 2 is 1.68 bits per heavy atom. The van der Waals surface area contributed by atoms with Gasteiger partial charge in [-0.2, -0.15) is 0 Å². The van der Waals surface area contributed by atoms with Gasteiger partial charge < -0.3 is 10.2 Å². The molecule has 0 radical (unpaired) electrons. The topological polar surface area (TPSA) is 15.3 Å². The fourth-order valence-corrected chi connectivity index (χ4v) is 2.73. The molecule has 1 fully saturated rings. The molecule has 0 atom stereocenters. The van der Waals surface area contributed by atoms with Crippen LogP contribution in [0, 0.1) is 6.92 Å². The smallest absolute Gasteiger partial charge is 0.000664 e. The molecule has 0 bridgehead atoms. The molecule has 2 heteroatoms. The van der Waals surface area contributed by atoms with Crippen molar-refractivity contribution in [2.24, 2.45) is 0 Å². The molecule has 1 aliphatic rings. The number of rotatable bonds is 8. The average molecular weight is 260 g/mol. The second-order valence-corrected chi connectivity index (χ2v) is 5.74. The van der Waals surface area contributed by atoms with Gasteiger partial charge in [-0.3, -0.25) is 0 Å². The summed E-state index contributed by atoms with van der Waals surface area (Å²) in [7, 11) is 0. The summed E-state index contributed by atoms with van der Waals surface area (Å²) < 4.78 is 0. The van der Waals surface area contributed by atoms with E-state index in [1.165, 1.54) is 69.4 Å². The van der Waals surface area contributed by atoms with Gasteiger partial charge in [0.15, 0.2) is 0 Å². The molecule has 1 saturated heterocycles. The van der Waals surface area contributed by atoms with Crippen LogP contribution in [0.1, 0.15) is 36.8 Å². The first-order valence-electron chi connectivity index (χ1n) is 7.83. The van der Waals surface area contributed by atoms with E-state index in [-0.39, 0.29) is 0 Å². The van der Waals surface area contributed by atoms with Crippen molar-refractivity contribution < 1.29 is 0 Å². The quantitative estimate of drug-likeness (QED) is 0.723. The Morgan fingerprint density at radius 3 is 2.42 bits per heavy atom. The number of nitrogens with zero attached hydrogens (tertiary/aromatic N) is 1. The number of hydrogen-bond donors (Lipinski definition) is 1. The van der Waals surface area contributed by atoms with E-state index in [0.29, 0.717) is 0 Å². The first kappa shape index (κ1) is 14.5. The summed E-state index contributed by atoms with van der Waals surface area (Å²) in [6.45, 7) is 8.40. The highest BCUT2D eigenvalue weighted by Gasteiger charge is 2.09. The third kappa shape index (κ3) is 5.75. The van der Waals surface area contributed by atoms with Crippen LogP contribution in [0.4, 0.5) is 0 Å². The van der Waals surface area contributed by atoms with E-state index in [0.717, 1.165) is 6.54 Å². The van der Waals surface area contributed by atoms with E-state index in [9.17, 15) is 0 Å². The molecule has 0 spiro atoms. The SMILES string of the molecule is Cc1ccc(CCCNCCCN2CCCC2)cc1. The lowest BCUT2D eigenvalue weighted by Gasteiger charge is -2.14. The molecular weight excluding hydrogens is 232 g/mol. The molecule has 1 aromatic rings. The largest absolute Gasteiger partial charge is 0.317 e. The highest BCUT2D eigenvalue weighted by atomic mass is 15.1. The lowest BCUT2D eigenvalue weighted by Crippen LogP contribution is -2.25. The fraction of sp³-hybridized carbons (Fsp3) is 0.647. The maximum Gasteiger partial charge on any atom is -0.000664 e. The zero-order chi connectivity index (χ0) is 13.3. The standard InChI is InChI=1S/C17H28N2/c1-16-7-9-17(10-8-16)6-4-11-18-12-5-15-19-13-2-3-14-19/h7-10,18H,2-6,11-15H2,1H3. The molecule has 106 valence electrons. The van der Waals surface area contributed by atoms with E-state index in [2.05, 4.69) is 41.4 Å². The third-order valence-electron chi connectivity index (χ3n) is 3.97. The van der Waals surface area contributed by atoms with Crippen molar-refractivity contribution in [1.29, 1.82) is 0 Å². The minimum Gasteiger partial charge on any atom is -0.317 e. The van der Waals surface area contributed by atoms with Gasteiger partial charge in [0.2, 0.25) is 0 Å². The van der Waals surface area contributed by atoms with Crippen molar-refractivity contribution >= 4 is 0 Å². The van der Waals surface area contributed by atoms with Gasteiger partial charge in [-0.1, -0.05) is 29.8 Å². The van der Waals surface area contributed by atoms with Gasteiger partial charge in [-0.15, -0.1) is 0 Å². The predicted octanol–water partition coefficient (Wildman–Crippen LogP) is 3.00. The van der Waals surface area contributed by atoms with Crippen molar-refractivity contribution in [3.63, 3.8) is 0 Å². The Hall–Kier alpha value is -0.860. The summed E-state index contributed by atoms with van der Waals surface area (Å²) in [5.74, 6) is 0. The van der Waals surface area contributed by atoms with Gasteiger partial charge in [-0.25, -0.2) is 0 Å². The molecule has 1 N–H and O–H groups in total. The van der Waals surface area contributed by atoms with E-state index in [4.69, 9.17) is 0 Å². The van der Waals surface area contributed by atoms with Gasteiger partial charge in [0.25, 0.3) is 0 Å². The second kappa shape index (κ2) is 8.34. The maximum atomic E-state index is 3.56. The summed E-state index contributed by atoms with van der Waals surface area (Å²) in [4.78, 5) is 2.59. The van der Waals surface area contributed by atoms with Crippen LogP contribution in [0.3, 0.4) is 0 Å². The number of likely N-dealkylation sites (tertiary alicyclic amines) is 1. The van der Waals surface area contributed by atoms with Crippen LogP contribution in [0.25, 0.3) is 0 Å². The molecule has 2 rings (SSSR count). The van der Waals surface area contributed by atoms with Crippen LogP contribution < -0.4 is 5.32 Å². The summed E-state index contributed by atoms with van der Waals surface area (Å²) in [6, 6.07) is 8.92. The van der Waals surface area contributed by atoms with Crippen molar-refractivity contribution in [2.75, 3.05) is 32.7 Å². The lowest BCUT2D eigenvalue weighted by atomic mass is 10.1. The number of hydrogen-bond acceptors (Lipinski definition) is 2. The second-order valence-electron chi connectivity index (χ2n) is 5.74. The summed E-state index contributed by atoms with van der Waals surface area (Å²) in [5, 5.41) is 3.56. The molecule has 2 nitrogen and oxygen atoms in total. The van der Waals surface area contributed by atoms with Gasteiger partial charge >= 0.3 is 0 Å². The van der Waals surface area contributed by atoms with Crippen LogP contribution in [-0.2, 0) is 6.42 Å². The summed E-state index contributed by atoms with van der Waals surface area (Å²) in [6.07, 6.45) is 6.55. The summed E-state index contributed by atoms with van der Waals surface area (Å²) in [5.41, 5.74) is 2.81. The highest BCUT2D eigenvalue weighted by Crippen LogP contribution is 2.07. The van der Waals surface area contributed by atoms with E-state index >= 15 is 0 Å². The first-order chi connectivity index (χ1) is 9.34. The van der Waals surface area contributed by atoms with Crippen LogP contribution in [0.15, 0.2) is 24.3 Å². The third-order valence-corrected chi connectivity index (χ3v) is 3.97. The van der Waals surface area contributed by atoms with E-state index in [1.54, 1.807) is 0 Å². The zero-order valence-electron chi connectivity index (χ0n) is 12.3. The van der Waals surface area contributed by atoms with Gasteiger partial charge in [0, 0.05) is 0 Å². The minimum absolute atomic E-state index is 1.15. The van der Waals surface area contributed by atoms with Crippen LogP contribution in [0.5, 0.6) is 0 Å². The maximum absolute atomic E-state index is 3.56. The van der Waals surface area contributed by atoms with Gasteiger partial charge in [-0.05, 0) is 77.3 Å². The molecule has 0 amide bonds. The Labute approximate surface area is 118 Å². The Bertz CT molecular complexity index is 339. The molecule has 1 aliphatic heterocycles. The Balaban J connectivity index is 1.44. The fourth-order valence-electron chi connectivity index (χ4n) is 2.73. The van der Waals surface area contributed by atoms with Crippen LogP contribution >= 0.6 is 0 Å². The monoisotopic (exact) mass is 260 g/mol. The van der Waals surface area contributed by atoms with Crippen molar-refractivity contribution in [2.45, 2.75) is 39.0 Å². The molecule has 0 aromatic heterocycles. The minimum atomic E-state index is 1.15. The normalized spacial score (nSPS) is 16.1. The molecular formula is C17H28N2. The average Bonchev–Trinajstić information content (AvgIpc) is 2.93. The molecule has 0 unspecified atom stereocenters. The molecule has 1 heterocycles. The molecule has 0 aliphatic carbocycles. The zero-order valence-corrected chi connectivity index (χ0v) is 12.3. The lowest BCUT2D eigenvalue weighted by molar-refractivity contribution is 0.331. The van der Waals surface area contributed by atoms with Crippen LogP contribution in [-0.4, -0.2) is 37.6 Å². The summed E-state index contributed by atoms with van der Waals surface area (Å²) >= 11 is 0. The van der Waals surface area contributed by atoms with Crippen molar-refractivity contribution in [1.82, 2.24) is 10.2 Å². The number of nitrogens with one attached hydrogen (secondary N) is 1.